The van der Waals surface area contributed by atoms with Gasteiger partial charge in [0.05, 0.1) is 23.3 Å². The Bertz CT molecular complexity index is 715. The van der Waals surface area contributed by atoms with Gasteiger partial charge in [0.2, 0.25) is 0 Å². The van der Waals surface area contributed by atoms with Gasteiger partial charge in [0, 0.05) is 12.3 Å². The monoisotopic (exact) mass is 288 g/mol. The Morgan fingerprint density at radius 3 is 2.85 bits per heavy atom. The number of imidazole rings is 1. The second-order valence-electron chi connectivity index (χ2n) is 4.97. The first-order valence-electron chi connectivity index (χ1n) is 6.78. The van der Waals surface area contributed by atoms with Gasteiger partial charge in [-0.2, -0.15) is 0 Å². The van der Waals surface area contributed by atoms with Gasteiger partial charge in [0.1, 0.15) is 11.6 Å². The van der Waals surface area contributed by atoms with Crippen molar-refractivity contribution in [1.82, 2.24) is 9.55 Å². The Hall–Kier alpha value is -1.74. The van der Waals surface area contributed by atoms with Crippen molar-refractivity contribution in [2.24, 2.45) is 0 Å². The van der Waals surface area contributed by atoms with Crippen molar-refractivity contribution >= 4 is 22.6 Å². The molecule has 104 valence electrons. The molecule has 4 heteroatoms. The van der Waals surface area contributed by atoms with E-state index in [0.717, 1.165) is 29.0 Å². The second kappa shape index (κ2) is 5.33. The molecule has 3 rings (SSSR count). The number of para-hydroxylation sites is 1. The molecule has 1 aromatic carbocycles. The van der Waals surface area contributed by atoms with E-state index in [4.69, 9.17) is 21.0 Å². The molecule has 0 bridgehead atoms. The second-order valence-corrected chi connectivity index (χ2v) is 5.35. The number of hydrogen-bond donors (Lipinski definition) is 0. The number of hydrogen-bond acceptors (Lipinski definition) is 2. The highest BCUT2D eigenvalue weighted by Gasteiger charge is 2.19. The number of nitrogens with zero attached hydrogens (tertiary/aromatic N) is 2. The first-order valence-corrected chi connectivity index (χ1v) is 7.31. The molecular weight excluding hydrogens is 272 g/mol. The van der Waals surface area contributed by atoms with Gasteiger partial charge >= 0.3 is 0 Å². The molecule has 0 saturated carbocycles. The summed E-state index contributed by atoms with van der Waals surface area (Å²) < 4.78 is 7.78. The number of aryl methyl sites for hydroxylation is 2. The highest BCUT2D eigenvalue weighted by atomic mass is 35.5. The summed E-state index contributed by atoms with van der Waals surface area (Å²) >= 11 is 5.93. The Kier molecular flexibility index (Phi) is 3.53. The van der Waals surface area contributed by atoms with Crippen molar-refractivity contribution in [2.75, 3.05) is 5.88 Å². The maximum atomic E-state index is 5.93. The van der Waals surface area contributed by atoms with Crippen LogP contribution in [0.5, 0.6) is 0 Å². The molecule has 3 aromatic rings. The quantitative estimate of drug-likeness (QED) is 0.669. The Labute approximate surface area is 123 Å². The predicted octanol–water partition coefficient (Wildman–Crippen LogP) is 4.33. The molecule has 2 aromatic heterocycles. The summed E-state index contributed by atoms with van der Waals surface area (Å²) in [6.45, 7) is 4.21. The zero-order valence-electron chi connectivity index (χ0n) is 11.6. The number of fused-ring (bicyclic) bond motifs is 1. The molecule has 20 heavy (non-hydrogen) atoms. The zero-order valence-corrected chi connectivity index (χ0v) is 12.4. The van der Waals surface area contributed by atoms with Crippen molar-refractivity contribution in [1.29, 1.82) is 0 Å². The molecule has 0 spiro atoms. The van der Waals surface area contributed by atoms with Gasteiger partial charge in [0.25, 0.3) is 0 Å². The van der Waals surface area contributed by atoms with Gasteiger partial charge in [-0.15, -0.1) is 11.6 Å². The largest absolute Gasteiger partial charge is 0.467 e. The summed E-state index contributed by atoms with van der Waals surface area (Å²) in [4.78, 5) is 4.77. The number of alkyl halides is 1. The van der Waals surface area contributed by atoms with E-state index in [1.807, 2.05) is 12.1 Å². The van der Waals surface area contributed by atoms with Crippen molar-refractivity contribution in [2.45, 2.75) is 26.3 Å². The first kappa shape index (κ1) is 13.3. The average molecular weight is 289 g/mol. The summed E-state index contributed by atoms with van der Waals surface area (Å²) in [7, 11) is 0. The summed E-state index contributed by atoms with van der Waals surface area (Å²) in [6, 6.07) is 10.3. The lowest BCUT2D eigenvalue weighted by atomic mass is 10.2. The fourth-order valence-corrected chi connectivity index (χ4v) is 2.82. The Balaban J connectivity index is 2.21. The van der Waals surface area contributed by atoms with Gasteiger partial charge < -0.3 is 8.98 Å². The fraction of sp³-hybridized carbons (Fsp3) is 0.312. The van der Waals surface area contributed by atoms with Crippen molar-refractivity contribution in [3.8, 4) is 0 Å². The van der Waals surface area contributed by atoms with Gasteiger partial charge in [0.15, 0.2) is 0 Å². The third-order valence-corrected chi connectivity index (χ3v) is 3.84. The normalized spacial score (nSPS) is 12.9. The van der Waals surface area contributed by atoms with Crippen LogP contribution >= 0.6 is 11.6 Å². The molecular formula is C16H17ClN2O. The topological polar surface area (TPSA) is 31.0 Å². The standard InChI is InChI=1S/C16H17ClN2O/c1-11-5-3-6-13-16(11)18-15(8-9-17)19(13)12(2)14-7-4-10-20-14/h3-7,10,12H,8-9H2,1-2H3. The summed E-state index contributed by atoms with van der Waals surface area (Å²) in [5, 5.41) is 0. The van der Waals surface area contributed by atoms with Crippen LogP contribution < -0.4 is 0 Å². The molecule has 1 atom stereocenters. The van der Waals surface area contributed by atoms with Crippen LogP contribution in [0.3, 0.4) is 0 Å². The van der Waals surface area contributed by atoms with Crippen LogP contribution in [0.15, 0.2) is 41.0 Å². The lowest BCUT2D eigenvalue weighted by Gasteiger charge is -2.15. The van der Waals surface area contributed by atoms with Crippen LogP contribution in [0.4, 0.5) is 0 Å². The molecule has 0 N–H and O–H groups in total. The molecule has 3 nitrogen and oxygen atoms in total. The van der Waals surface area contributed by atoms with E-state index >= 15 is 0 Å². The molecule has 0 aliphatic carbocycles. The zero-order chi connectivity index (χ0) is 14.1. The molecule has 0 aliphatic rings. The number of furan rings is 1. The molecule has 0 aliphatic heterocycles. The molecule has 1 unspecified atom stereocenters. The third kappa shape index (κ3) is 2.12. The number of rotatable bonds is 4. The van der Waals surface area contributed by atoms with E-state index in [0.29, 0.717) is 5.88 Å². The summed E-state index contributed by atoms with van der Waals surface area (Å²) in [5.74, 6) is 2.50. The number of benzene rings is 1. The van der Waals surface area contributed by atoms with E-state index in [2.05, 4.69) is 36.6 Å². The maximum Gasteiger partial charge on any atom is 0.126 e. The summed E-state index contributed by atoms with van der Waals surface area (Å²) in [6.07, 6.45) is 2.46. The van der Waals surface area contributed by atoms with Crippen LogP contribution in [-0.2, 0) is 6.42 Å². The smallest absolute Gasteiger partial charge is 0.126 e. The predicted molar refractivity (Wildman–Crippen MR) is 81.4 cm³/mol. The van der Waals surface area contributed by atoms with Crippen molar-refractivity contribution in [3.05, 3.63) is 53.7 Å². The van der Waals surface area contributed by atoms with Crippen LogP contribution in [0.1, 0.15) is 30.1 Å². The minimum atomic E-state index is 0.106. The van der Waals surface area contributed by atoms with Gasteiger partial charge in [-0.25, -0.2) is 4.98 Å². The van der Waals surface area contributed by atoms with Crippen LogP contribution in [0.25, 0.3) is 11.0 Å². The molecule has 0 amide bonds. The lowest BCUT2D eigenvalue weighted by Crippen LogP contribution is -2.10. The van der Waals surface area contributed by atoms with E-state index < -0.39 is 0 Å². The van der Waals surface area contributed by atoms with Gasteiger partial charge in [-0.1, -0.05) is 12.1 Å². The Morgan fingerprint density at radius 1 is 1.30 bits per heavy atom. The van der Waals surface area contributed by atoms with Crippen molar-refractivity contribution < 1.29 is 4.42 Å². The molecule has 0 radical (unpaired) electrons. The third-order valence-electron chi connectivity index (χ3n) is 3.66. The van der Waals surface area contributed by atoms with E-state index in [1.165, 1.54) is 5.56 Å². The minimum Gasteiger partial charge on any atom is -0.467 e. The average Bonchev–Trinajstić information content (AvgIpc) is 3.06. The fourth-order valence-electron chi connectivity index (χ4n) is 2.65. The van der Waals surface area contributed by atoms with Gasteiger partial charge in [-0.05, 0) is 37.6 Å². The highest BCUT2D eigenvalue weighted by Crippen LogP contribution is 2.28. The lowest BCUT2D eigenvalue weighted by molar-refractivity contribution is 0.445. The molecule has 2 heterocycles. The Morgan fingerprint density at radius 2 is 2.15 bits per heavy atom. The van der Waals surface area contributed by atoms with Crippen LogP contribution in [0.2, 0.25) is 0 Å². The van der Waals surface area contributed by atoms with Gasteiger partial charge in [-0.3, -0.25) is 0 Å². The maximum absolute atomic E-state index is 5.93. The van der Waals surface area contributed by atoms with Crippen LogP contribution in [0, 0.1) is 6.92 Å². The summed E-state index contributed by atoms with van der Waals surface area (Å²) in [5.41, 5.74) is 3.36. The molecule has 0 saturated heterocycles. The van der Waals surface area contributed by atoms with E-state index in [-0.39, 0.29) is 6.04 Å². The number of aromatic nitrogens is 2. The van der Waals surface area contributed by atoms with E-state index in [9.17, 15) is 0 Å². The SMILES string of the molecule is Cc1cccc2c1nc(CCCl)n2C(C)c1ccco1. The van der Waals surface area contributed by atoms with E-state index in [1.54, 1.807) is 6.26 Å². The minimum absolute atomic E-state index is 0.106. The number of halogens is 1. The molecule has 0 fully saturated rings. The van der Waals surface area contributed by atoms with Crippen molar-refractivity contribution in [3.63, 3.8) is 0 Å². The first-order chi connectivity index (χ1) is 9.72. The van der Waals surface area contributed by atoms with Crippen LogP contribution in [-0.4, -0.2) is 15.4 Å². The highest BCUT2D eigenvalue weighted by molar-refractivity contribution is 6.17.